The molecule has 1 aliphatic heterocycles. The molecule has 1 aliphatic rings. The SMILES string of the molecule is COc1ccc(S(=O)(=O)N2CCCCCC2)cc1NC(=O)c1cccc(-c2nn[nH]n2)c1. The van der Waals surface area contributed by atoms with Crippen molar-refractivity contribution in [1.82, 2.24) is 24.9 Å². The lowest BCUT2D eigenvalue weighted by molar-refractivity contribution is 0.102. The van der Waals surface area contributed by atoms with Crippen molar-refractivity contribution in [2.24, 2.45) is 0 Å². The maximum atomic E-state index is 13.2. The van der Waals surface area contributed by atoms with Gasteiger partial charge in [0.25, 0.3) is 5.91 Å². The monoisotopic (exact) mass is 456 g/mol. The molecule has 1 aromatic heterocycles. The molecule has 0 atom stereocenters. The Bertz CT molecular complexity index is 1190. The number of anilines is 1. The van der Waals surface area contributed by atoms with E-state index < -0.39 is 15.9 Å². The number of sulfonamides is 1. The Morgan fingerprint density at radius 1 is 1.09 bits per heavy atom. The Labute approximate surface area is 186 Å². The van der Waals surface area contributed by atoms with E-state index in [9.17, 15) is 13.2 Å². The number of amides is 1. The number of carbonyl (C=O) groups is 1. The van der Waals surface area contributed by atoms with E-state index >= 15 is 0 Å². The van der Waals surface area contributed by atoms with E-state index in [1.54, 1.807) is 30.3 Å². The summed E-state index contributed by atoms with van der Waals surface area (Å²) < 4.78 is 33.2. The second-order valence-corrected chi connectivity index (χ2v) is 9.39. The predicted octanol–water partition coefficient (Wildman–Crippen LogP) is 2.69. The number of carbonyl (C=O) groups excluding carboxylic acids is 1. The van der Waals surface area contributed by atoms with Gasteiger partial charge in [0.1, 0.15) is 5.75 Å². The summed E-state index contributed by atoms with van der Waals surface area (Å²) in [6, 6.07) is 11.2. The fourth-order valence-corrected chi connectivity index (χ4v) is 5.20. The average molecular weight is 457 g/mol. The molecule has 168 valence electrons. The Kier molecular flexibility index (Phi) is 6.47. The zero-order chi connectivity index (χ0) is 22.6. The van der Waals surface area contributed by atoms with Crippen molar-refractivity contribution >= 4 is 21.6 Å². The van der Waals surface area contributed by atoms with E-state index in [1.807, 2.05) is 0 Å². The number of methoxy groups -OCH3 is 1. The highest BCUT2D eigenvalue weighted by Crippen LogP contribution is 2.30. The summed E-state index contributed by atoms with van der Waals surface area (Å²) >= 11 is 0. The Balaban J connectivity index is 1.61. The van der Waals surface area contributed by atoms with Crippen LogP contribution in [0.1, 0.15) is 36.0 Å². The number of rotatable bonds is 6. The molecule has 0 spiro atoms. The first kappa shape index (κ1) is 21.9. The molecular weight excluding hydrogens is 432 g/mol. The molecule has 2 heterocycles. The minimum absolute atomic E-state index is 0.121. The highest BCUT2D eigenvalue weighted by atomic mass is 32.2. The fourth-order valence-electron chi connectivity index (χ4n) is 3.65. The number of benzene rings is 2. The normalized spacial score (nSPS) is 15.2. The second kappa shape index (κ2) is 9.45. The summed E-state index contributed by atoms with van der Waals surface area (Å²) in [5, 5.41) is 16.5. The van der Waals surface area contributed by atoms with Crippen LogP contribution in [0.25, 0.3) is 11.4 Å². The summed E-state index contributed by atoms with van der Waals surface area (Å²) in [7, 11) is -2.21. The molecule has 0 unspecified atom stereocenters. The zero-order valence-corrected chi connectivity index (χ0v) is 18.4. The number of aromatic amines is 1. The van der Waals surface area contributed by atoms with E-state index in [0.29, 0.717) is 35.8 Å². The summed E-state index contributed by atoms with van der Waals surface area (Å²) in [5.74, 6) is 0.309. The molecule has 11 heteroatoms. The lowest BCUT2D eigenvalue weighted by Crippen LogP contribution is -2.32. The van der Waals surface area contributed by atoms with E-state index in [4.69, 9.17) is 4.74 Å². The summed E-state index contributed by atoms with van der Waals surface area (Å²) in [6.07, 6.45) is 3.74. The third kappa shape index (κ3) is 4.63. The summed E-state index contributed by atoms with van der Waals surface area (Å²) in [6.45, 7) is 0.998. The number of H-pyrrole nitrogens is 1. The van der Waals surface area contributed by atoms with E-state index in [2.05, 4.69) is 25.9 Å². The standard InChI is InChI=1S/C21H24N6O4S/c1-31-19-10-9-17(32(29,30)27-11-4-2-3-5-12-27)14-18(19)22-21(28)16-8-6-7-15(13-16)20-23-25-26-24-20/h6-10,13-14H,2-5,11-12H2,1H3,(H,22,28)(H,23,24,25,26). The van der Waals surface area contributed by atoms with Crippen LogP contribution >= 0.6 is 0 Å². The van der Waals surface area contributed by atoms with Gasteiger partial charge in [0.05, 0.1) is 17.7 Å². The third-order valence-electron chi connectivity index (χ3n) is 5.35. The van der Waals surface area contributed by atoms with Crippen LogP contribution in [-0.4, -0.2) is 59.5 Å². The van der Waals surface area contributed by atoms with Gasteiger partial charge >= 0.3 is 0 Å². The van der Waals surface area contributed by atoms with Crippen LogP contribution in [0.5, 0.6) is 5.75 Å². The van der Waals surface area contributed by atoms with Crippen molar-refractivity contribution in [3.63, 3.8) is 0 Å². The number of tetrazole rings is 1. The topological polar surface area (TPSA) is 130 Å². The van der Waals surface area contributed by atoms with Gasteiger partial charge in [-0.2, -0.15) is 9.52 Å². The molecule has 2 N–H and O–H groups in total. The highest BCUT2D eigenvalue weighted by Gasteiger charge is 2.26. The zero-order valence-electron chi connectivity index (χ0n) is 17.6. The Morgan fingerprint density at radius 2 is 1.88 bits per heavy atom. The smallest absolute Gasteiger partial charge is 0.255 e. The first-order valence-electron chi connectivity index (χ1n) is 10.3. The lowest BCUT2D eigenvalue weighted by atomic mass is 10.1. The van der Waals surface area contributed by atoms with E-state index in [1.165, 1.54) is 23.5 Å². The third-order valence-corrected chi connectivity index (χ3v) is 7.24. The fraction of sp³-hybridized carbons (Fsp3) is 0.333. The van der Waals surface area contributed by atoms with Crippen LogP contribution in [-0.2, 0) is 10.0 Å². The van der Waals surface area contributed by atoms with Crippen LogP contribution in [0.15, 0.2) is 47.4 Å². The van der Waals surface area contributed by atoms with Gasteiger partial charge in [-0.05, 0) is 48.4 Å². The van der Waals surface area contributed by atoms with Crippen molar-refractivity contribution in [3.8, 4) is 17.1 Å². The van der Waals surface area contributed by atoms with Crippen LogP contribution in [0, 0.1) is 0 Å². The lowest BCUT2D eigenvalue weighted by Gasteiger charge is -2.21. The minimum atomic E-state index is -3.67. The summed E-state index contributed by atoms with van der Waals surface area (Å²) in [4.78, 5) is 13.0. The van der Waals surface area contributed by atoms with Gasteiger partial charge < -0.3 is 10.1 Å². The number of nitrogens with one attached hydrogen (secondary N) is 2. The highest BCUT2D eigenvalue weighted by molar-refractivity contribution is 7.89. The molecule has 32 heavy (non-hydrogen) atoms. The predicted molar refractivity (Wildman–Crippen MR) is 118 cm³/mol. The van der Waals surface area contributed by atoms with Crippen LogP contribution < -0.4 is 10.1 Å². The van der Waals surface area contributed by atoms with Gasteiger partial charge in [-0.15, -0.1) is 10.2 Å². The van der Waals surface area contributed by atoms with Crippen LogP contribution in [0.4, 0.5) is 5.69 Å². The molecule has 3 aromatic rings. The number of hydrogen-bond acceptors (Lipinski definition) is 7. The second-order valence-electron chi connectivity index (χ2n) is 7.45. The maximum Gasteiger partial charge on any atom is 0.255 e. The van der Waals surface area contributed by atoms with Gasteiger partial charge in [-0.1, -0.05) is 25.0 Å². The van der Waals surface area contributed by atoms with Gasteiger partial charge in [-0.3, -0.25) is 4.79 Å². The molecule has 10 nitrogen and oxygen atoms in total. The molecule has 1 amide bonds. The maximum absolute atomic E-state index is 13.2. The molecule has 0 aliphatic carbocycles. The average Bonchev–Trinajstić information content (AvgIpc) is 3.21. The van der Waals surface area contributed by atoms with Crippen molar-refractivity contribution < 1.29 is 17.9 Å². The molecular formula is C21H24N6O4S. The molecule has 0 saturated carbocycles. The van der Waals surface area contributed by atoms with Gasteiger partial charge in [-0.25, -0.2) is 8.42 Å². The van der Waals surface area contributed by atoms with Crippen molar-refractivity contribution in [2.45, 2.75) is 30.6 Å². The number of ether oxygens (including phenoxy) is 1. The van der Waals surface area contributed by atoms with Crippen molar-refractivity contribution in [3.05, 3.63) is 48.0 Å². The van der Waals surface area contributed by atoms with E-state index in [-0.39, 0.29) is 10.6 Å². The Hall–Kier alpha value is -3.31. The van der Waals surface area contributed by atoms with Crippen LogP contribution in [0.3, 0.4) is 0 Å². The van der Waals surface area contributed by atoms with Gasteiger partial charge in [0.15, 0.2) is 0 Å². The van der Waals surface area contributed by atoms with E-state index in [0.717, 1.165) is 25.7 Å². The number of nitrogens with zero attached hydrogens (tertiary/aromatic N) is 4. The molecule has 2 aromatic carbocycles. The number of aromatic nitrogens is 4. The molecule has 0 radical (unpaired) electrons. The van der Waals surface area contributed by atoms with Crippen LogP contribution in [0.2, 0.25) is 0 Å². The van der Waals surface area contributed by atoms with Crippen molar-refractivity contribution in [1.29, 1.82) is 0 Å². The minimum Gasteiger partial charge on any atom is -0.495 e. The number of hydrogen-bond donors (Lipinski definition) is 2. The van der Waals surface area contributed by atoms with Crippen molar-refractivity contribution in [2.75, 3.05) is 25.5 Å². The molecule has 1 saturated heterocycles. The molecule has 4 rings (SSSR count). The van der Waals surface area contributed by atoms with Gasteiger partial charge in [0.2, 0.25) is 15.8 Å². The first-order valence-corrected chi connectivity index (χ1v) is 11.8. The molecule has 0 bridgehead atoms. The quantitative estimate of drug-likeness (QED) is 0.583. The molecule has 1 fully saturated rings. The largest absolute Gasteiger partial charge is 0.495 e. The summed E-state index contributed by atoms with van der Waals surface area (Å²) in [5.41, 5.74) is 1.25. The first-order chi connectivity index (χ1) is 15.5. The van der Waals surface area contributed by atoms with Gasteiger partial charge in [0, 0.05) is 24.2 Å². The Morgan fingerprint density at radius 3 is 2.56 bits per heavy atom.